The number of nitrogens with zero attached hydrogens (tertiary/aromatic N) is 1. The summed E-state index contributed by atoms with van der Waals surface area (Å²) in [4.78, 5) is 37.1. The standard InChI is InChI=1S/C17H13F2N3O3/c18-11-5-3-4-10(8-11)16(24)21-20-13-9-15(23)22(17(13)25)14-7-2-1-6-12(14)19/h1-8,13,20H,9H2,(H,21,24)/t13-/m0/s1. The Morgan fingerprint density at radius 3 is 2.56 bits per heavy atom. The molecule has 0 unspecified atom stereocenters. The van der Waals surface area contributed by atoms with Gasteiger partial charge in [-0.3, -0.25) is 19.8 Å². The van der Waals surface area contributed by atoms with Gasteiger partial charge in [-0.15, -0.1) is 0 Å². The van der Waals surface area contributed by atoms with Gasteiger partial charge < -0.3 is 0 Å². The van der Waals surface area contributed by atoms with Crippen LogP contribution in [0.3, 0.4) is 0 Å². The number of carbonyl (C=O) groups excluding carboxylic acids is 3. The Morgan fingerprint density at radius 2 is 1.84 bits per heavy atom. The summed E-state index contributed by atoms with van der Waals surface area (Å²) < 4.78 is 26.9. The van der Waals surface area contributed by atoms with E-state index in [9.17, 15) is 23.2 Å². The van der Waals surface area contributed by atoms with Crippen molar-refractivity contribution in [1.82, 2.24) is 10.9 Å². The summed E-state index contributed by atoms with van der Waals surface area (Å²) >= 11 is 0. The molecule has 3 rings (SSSR count). The maximum absolute atomic E-state index is 13.8. The minimum Gasteiger partial charge on any atom is -0.287 e. The summed E-state index contributed by atoms with van der Waals surface area (Å²) in [5.41, 5.74) is 4.61. The topological polar surface area (TPSA) is 78.5 Å². The Labute approximate surface area is 141 Å². The summed E-state index contributed by atoms with van der Waals surface area (Å²) in [6, 6.07) is 9.36. The number of rotatable bonds is 4. The van der Waals surface area contributed by atoms with Gasteiger partial charge in [0.05, 0.1) is 12.1 Å². The van der Waals surface area contributed by atoms with Crippen molar-refractivity contribution in [3.05, 3.63) is 65.7 Å². The van der Waals surface area contributed by atoms with E-state index in [-0.39, 0.29) is 17.7 Å². The number of anilines is 1. The van der Waals surface area contributed by atoms with E-state index in [2.05, 4.69) is 10.9 Å². The van der Waals surface area contributed by atoms with Crippen LogP contribution < -0.4 is 15.8 Å². The fourth-order valence-corrected chi connectivity index (χ4v) is 2.49. The summed E-state index contributed by atoms with van der Waals surface area (Å²) in [6.45, 7) is 0. The normalized spacial score (nSPS) is 17.0. The van der Waals surface area contributed by atoms with Gasteiger partial charge in [0, 0.05) is 5.56 Å². The van der Waals surface area contributed by atoms with Crippen molar-refractivity contribution in [2.45, 2.75) is 12.5 Å². The fraction of sp³-hybridized carbons (Fsp3) is 0.118. The Bertz CT molecular complexity index is 857. The molecule has 2 N–H and O–H groups in total. The number of benzene rings is 2. The van der Waals surface area contributed by atoms with E-state index in [1.54, 1.807) is 0 Å². The largest absolute Gasteiger partial charge is 0.287 e. The average molecular weight is 345 g/mol. The molecule has 6 nitrogen and oxygen atoms in total. The molecule has 8 heteroatoms. The molecule has 1 aliphatic rings. The molecule has 2 aromatic carbocycles. The van der Waals surface area contributed by atoms with Crippen LogP contribution in [0.4, 0.5) is 14.5 Å². The minimum absolute atomic E-state index is 0.0511. The molecule has 3 amide bonds. The predicted molar refractivity (Wildman–Crippen MR) is 84.3 cm³/mol. The van der Waals surface area contributed by atoms with Crippen LogP contribution in [0.15, 0.2) is 48.5 Å². The van der Waals surface area contributed by atoms with Gasteiger partial charge in [0.2, 0.25) is 5.91 Å². The Morgan fingerprint density at radius 1 is 1.08 bits per heavy atom. The second-order valence-electron chi connectivity index (χ2n) is 5.38. The molecule has 0 radical (unpaired) electrons. The van der Waals surface area contributed by atoms with E-state index >= 15 is 0 Å². The van der Waals surface area contributed by atoms with Crippen molar-refractivity contribution >= 4 is 23.4 Å². The van der Waals surface area contributed by atoms with Gasteiger partial charge in [0.15, 0.2) is 0 Å². The number of hydrogen-bond acceptors (Lipinski definition) is 4. The lowest BCUT2D eigenvalue weighted by Crippen LogP contribution is -2.48. The van der Waals surface area contributed by atoms with Crippen LogP contribution in [0, 0.1) is 11.6 Å². The molecule has 1 fully saturated rings. The van der Waals surface area contributed by atoms with Gasteiger partial charge in [0.25, 0.3) is 11.8 Å². The fourth-order valence-electron chi connectivity index (χ4n) is 2.49. The second-order valence-corrected chi connectivity index (χ2v) is 5.38. The molecule has 0 bridgehead atoms. The Balaban J connectivity index is 1.69. The van der Waals surface area contributed by atoms with E-state index in [4.69, 9.17) is 0 Å². The highest BCUT2D eigenvalue weighted by molar-refractivity contribution is 6.22. The SMILES string of the molecule is O=C(NN[C@H]1CC(=O)N(c2ccccc2F)C1=O)c1cccc(F)c1. The maximum Gasteiger partial charge on any atom is 0.265 e. The molecular weight excluding hydrogens is 332 g/mol. The summed E-state index contributed by atoms with van der Waals surface area (Å²) in [7, 11) is 0. The van der Waals surface area contributed by atoms with Crippen LogP contribution in [0.2, 0.25) is 0 Å². The van der Waals surface area contributed by atoms with E-state index in [0.29, 0.717) is 0 Å². The lowest BCUT2D eigenvalue weighted by atomic mass is 10.2. The first-order valence-corrected chi connectivity index (χ1v) is 7.40. The number of hydrogen-bond donors (Lipinski definition) is 2. The molecule has 128 valence electrons. The van der Waals surface area contributed by atoms with E-state index in [1.165, 1.54) is 36.4 Å². The number of para-hydroxylation sites is 1. The van der Waals surface area contributed by atoms with E-state index < -0.39 is 35.4 Å². The maximum atomic E-state index is 13.8. The lowest BCUT2D eigenvalue weighted by Gasteiger charge is -2.16. The first-order valence-electron chi connectivity index (χ1n) is 7.40. The number of carbonyl (C=O) groups is 3. The molecule has 0 aliphatic carbocycles. The van der Waals surface area contributed by atoms with Crippen molar-refractivity contribution < 1.29 is 23.2 Å². The zero-order valence-corrected chi connectivity index (χ0v) is 12.8. The third kappa shape index (κ3) is 3.38. The molecule has 0 saturated carbocycles. The van der Waals surface area contributed by atoms with Gasteiger partial charge in [-0.05, 0) is 30.3 Å². The van der Waals surface area contributed by atoms with Crippen LogP contribution in [-0.4, -0.2) is 23.8 Å². The quantitative estimate of drug-likeness (QED) is 0.651. The third-order valence-electron chi connectivity index (χ3n) is 3.69. The van der Waals surface area contributed by atoms with Crippen molar-refractivity contribution in [1.29, 1.82) is 0 Å². The highest BCUT2D eigenvalue weighted by atomic mass is 19.1. The van der Waals surface area contributed by atoms with Gasteiger partial charge in [-0.1, -0.05) is 18.2 Å². The van der Waals surface area contributed by atoms with Gasteiger partial charge in [0.1, 0.15) is 17.7 Å². The van der Waals surface area contributed by atoms with Crippen molar-refractivity contribution in [3.8, 4) is 0 Å². The number of hydrazine groups is 1. The van der Waals surface area contributed by atoms with Crippen molar-refractivity contribution in [2.24, 2.45) is 0 Å². The zero-order valence-electron chi connectivity index (χ0n) is 12.8. The predicted octanol–water partition coefficient (Wildman–Crippen LogP) is 1.53. The zero-order chi connectivity index (χ0) is 18.0. The van der Waals surface area contributed by atoms with E-state index in [0.717, 1.165) is 17.0 Å². The van der Waals surface area contributed by atoms with Gasteiger partial charge >= 0.3 is 0 Å². The molecule has 0 spiro atoms. The second kappa shape index (κ2) is 6.78. The Hall–Kier alpha value is -3.13. The molecule has 0 aromatic heterocycles. The minimum atomic E-state index is -1.04. The first kappa shape index (κ1) is 16.7. The number of imide groups is 1. The first-order chi connectivity index (χ1) is 12.0. The van der Waals surface area contributed by atoms with E-state index in [1.807, 2.05) is 0 Å². The summed E-state index contributed by atoms with van der Waals surface area (Å²) in [6.07, 6.45) is -0.239. The summed E-state index contributed by atoms with van der Waals surface area (Å²) in [5, 5.41) is 0. The monoisotopic (exact) mass is 345 g/mol. The average Bonchev–Trinajstić information content (AvgIpc) is 2.87. The van der Waals surface area contributed by atoms with Crippen molar-refractivity contribution in [3.63, 3.8) is 0 Å². The number of amides is 3. The molecule has 1 heterocycles. The highest BCUT2D eigenvalue weighted by Gasteiger charge is 2.40. The lowest BCUT2D eigenvalue weighted by molar-refractivity contribution is -0.121. The van der Waals surface area contributed by atoms with Crippen LogP contribution >= 0.6 is 0 Å². The molecule has 1 aliphatic heterocycles. The molecule has 1 saturated heterocycles. The number of halogens is 2. The molecule has 2 aromatic rings. The summed E-state index contributed by atoms with van der Waals surface area (Å²) in [5.74, 6) is -3.22. The Kier molecular flexibility index (Phi) is 4.53. The number of nitrogens with one attached hydrogen (secondary N) is 2. The van der Waals surface area contributed by atoms with Crippen LogP contribution in [0.5, 0.6) is 0 Å². The molecule has 25 heavy (non-hydrogen) atoms. The molecular formula is C17H13F2N3O3. The van der Waals surface area contributed by atoms with Crippen LogP contribution in [0.1, 0.15) is 16.8 Å². The van der Waals surface area contributed by atoms with Crippen molar-refractivity contribution in [2.75, 3.05) is 4.90 Å². The highest BCUT2D eigenvalue weighted by Crippen LogP contribution is 2.25. The third-order valence-corrected chi connectivity index (χ3v) is 3.69. The smallest absolute Gasteiger partial charge is 0.265 e. The van der Waals surface area contributed by atoms with Gasteiger partial charge in [-0.25, -0.2) is 19.1 Å². The van der Waals surface area contributed by atoms with Crippen LogP contribution in [0.25, 0.3) is 0 Å². The van der Waals surface area contributed by atoms with Gasteiger partial charge in [-0.2, -0.15) is 0 Å². The molecule has 1 atom stereocenters. The van der Waals surface area contributed by atoms with Crippen LogP contribution in [-0.2, 0) is 9.59 Å².